The lowest BCUT2D eigenvalue weighted by Gasteiger charge is -2.14. The van der Waals surface area contributed by atoms with E-state index in [0.717, 1.165) is 29.7 Å². The van der Waals surface area contributed by atoms with Crippen LogP contribution in [0.3, 0.4) is 0 Å². The van der Waals surface area contributed by atoms with Crippen molar-refractivity contribution in [3.63, 3.8) is 0 Å². The summed E-state index contributed by atoms with van der Waals surface area (Å²) in [5.41, 5.74) is 1.69. The summed E-state index contributed by atoms with van der Waals surface area (Å²) < 4.78 is 3.35. The number of hydrogen-bond acceptors (Lipinski definition) is 8. The summed E-state index contributed by atoms with van der Waals surface area (Å²) in [7, 11) is 1.57. The van der Waals surface area contributed by atoms with Crippen LogP contribution < -0.4 is 9.47 Å². The van der Waals surface area contributed by atoms with E-state index in [9.17, 15) is 0 Å². The van der Waals surface area contributed by atoms with Crippen LogP contribution in [0.2, 0.25) is 0 Å². The molecular formula is C31H24Cl12N6O2. The van der Waals surface area contributed by atoms with Crippen LogP contribution in [0.15, 0.2) is 48.5 Å². The first-order valence-corrected chi connectivity index (χ1v) is 18.8. The van der Waals surface area contributed by atoms with E-state index >= 15 is 0 Å². The highest BCUT2D eigenvalue weighted by molar-refractivity contribution is 6.68. The number of ether oxygens (including phenoxy) is 2. The molecule has 0 N–H and O–H groups in total. The van der Waals surface area contributed by atoms with E-state index in [1.165, 1.54) is 0 Å². The van der Waals surface area contributed by atoms with E-state index in [4.69, 9.17) is 149 Å². The van der Waals surface area contributed by atoms with Crippen molar-refractivity contribution in [2.75, 3.05) is 13.7 Å². The Morgan fingerprint density at radius 1 is 0.549 bits per heavy atom. The van der Waals surface area contributed by atoms with Gasteiger partial charge in [-0.05, 0) is 48.4 Å². The molecule has 0 aliphatic carbocycles. The third-order valence-corrected chi connectivity index (χ3v) is 7.97. The first-order valence-electron chi connectivity index (χ1n) is 14.2. The predicted molar refractivity (Wildman–Crippen MR) is 214 cm³/mol. The monoisotopic (exact) mass is 932 g/mol. The summed E-state index contributed by atoms with van der Waals surface area (Å²) in [5.74, 6) is 1.26. The standard InChI is InChI=1S/C17H15Cl6N3O.C14H9Cl6N3O/c1-2-3-10-27-12-7-4-11(5-8-12)6-9-13-24-14(16(18,19)20)26-15(25-13)17(21,22)23;1-24-9-5-3-2-4-8(9)6-7-10-21-11(13(15,16)17)23-12(22-10)14(18,19)20/h4-9H,2-3,10H2,1H3;2-7H,1H3. The van der Waals surface area contributed by atoms with Crippen LogP contribution in [0.5, 0.6) is 11.5 Å². The second-order valence-electron chi connectivity index (χ2n) is 9.85. The van der Waals surface area contributed by atoms with Crippen LogP contribution >= 0.6 is 139 Å². The Balaban J connectivity index is 0.000000277. The molecule has 2 heterocycles. The van der Waals surface area contributed by atoms with Gasteiger partial charge in [0.1, 0.15) is 11.5 Å². The van der Waals surface area contributed by atoms with E-state index in [-0.39, 0.29) is 34.9 Å². The summed E-state index contributed by atoms with van der Waals surface area (Å²) in [6.45, 7) is 2.80. The van der Waals surface area contributed by atoms with Gasteiger partial charge in [-0.3, -0.25) is 0 Å². The van der Waals surface area contributed by atoms with Gasteiger partial charge in [-0.15, -0.1) is 0 Å². The number of halogens is 12. The maximum atomic E-state index is 5.85. The third-order valence-electron chi connectivity index (χ3n) is 5.94. The minimum Gasteiger partial charge on any atom is -0.496 e. The van der Waals surface area contributed by atoms with E-state index in [2.05, 4.69) is 36.8 Å². The molecule has 0 amide bonds. The average molecular weight is 938 g/mol. The summed E-state index contributed by atoms with van der Waals surface area (Å²) in [4.78, 5) is 24.1. The minimum atomic E-state index is -1.89. The smallest absolute Gasteiger partial charge is 0.250 e. The van der Waals surface area contributed by atoms with Gasteiger partial charge in [0.15, 0.2) is 34.9 Å². The van der Waals surface area contributed by atoms with Crippen LogP contribution in [0, 0.1) is 0 Å². The normalized spacial score (nSPS) is 12.6. The first kappa shape index (κ1) is 44.4. The van der Waals surface area contributed by atoms with E-state index in [1.54, 1.807) is 31.4 Å². The second-order valence-corrected chi connectivity index (χ2v) is 19.0. The number of methoxy groups -OCH3 is 1. The molecular weight excluding hydrogens is 914 g/mol. The number of aromatic nitrogens is 6. The van der Waals surface area contributed by atoms with Crippen LogP contribution in [-0.2, 0) is 15.2 Å². The Labute approximate surface area is 354 Å². The molecule has 0 saturated heterocycles. The quantitative estimate of drug-likeness (QED) is 0.121. The van der Waals surface area contributed by atoms with Gasteiger partial charge in [-0.25, -0.2) is 29.9 Å². The summed E-state index contributed by atoms with van der Waals surface area (Å²) in [6.07, 6.45) is 8.76. The zero-order chi connectivity index (χ0) is 38.0. The molecule has 51 heavy (non-hydrogen) atoms. The Morgan fingerprint density at radius 2 is 0.980 bits per heavy atom. The van der Waals surface area contributed by atoms with Crippen molar-refractivity contribution in [3.05, 3.63) is 94.6 Å². The summed E-state index contributed by atoms with van der Waals surface area (Å²) in [5, 5.41) is 0. The average Bonchev–Trinajstić information content (AvgIpc) is 3.05. The number of unbranched alkanes of at least 4 members (excludes halogenated alkanes) is 1. The summed E-state index contributed by atoms with van der Waals surface area (Å²) >= 11 is 70.0. The minimum absolute atomic E-state index is 0.136. The lowest BCUT2D eigenvalue weighted by atomic mass is 10.2. The number of nitrogens with zero attached hydrogens (tertiary/aromatic N) is 6. The van der Waals surface area contributed by atoms with Crippen LogP contribution in [-0.4, -0.2) is 43.6 Å². The van der Waals surface area contributed by atoms with Gasteiger partial charge >= 0.3 is 0 Å². The van der Waals surface area contributed by atoms with Crippen molar-refractivity contribution >= 4 is 164 Å². The molecule has 0 aliphatic heterocycles. The molecule has 4 rings (SSSR count). The molecule has 0 saturated carbocycles. The van der Waals surface area contributed by atoms with Gasteiger partial charge in [0, 0.05) is 5.56 Å². The van der Waals surface area contributed by atoms with Crippen LogP contribution in [0.4, 0.5) is 0 Å². The highest BCUT2D eigenvalue weighted by Gasteiger charge is 2.34. The zero-order valence-electron chi connectivity index (χ0n) is 26.1. The summed E-state index contributed by atoms with van der Waals surface area (Å²) in [6, 6.07) is 14.9. The van der Waals surface area contributed by atoms with Gasteiger partial charge < -0.3 is 9.47 Å². The largest absolute Gasteiger partial charge is 0.496 e. The SMILES string of the molecule is CCCCOc1ccc(C=Cc2nc(C(Cl)(Cl)Cl)nc(C(Cl)(Cl)Cl)n2)cc1.COc1ccccc1C=Cc1nc(C(Cl)(Cl)Cl)nc(C(Cl)(Cl)Cl)n1. The molecule has 0 bridgehead atoms. The second kappa shape index (κ2) is 19.6. The van der Waals surface area contributed by atoms with Crippen molar-refractivity contribution in [2.24, 2.45) is 0 Å². The lowest BCUT2D eigenvalue weighted by Crippen LogP contribution is -2.16. The van der Waals surface area contributed by atoms with Gasteiger partial charge in [-0.2, -0.15) is 0 Å². The molecule has 2 aromatic carbocycles. The molecule has 8 nitrogen and oxygen atoms in total. The number of benzene rings is 2. The fraction of sp³-hybridized carbons (Fsp3) is 0.290. The Kier molecular flexibility index (Phi) is 17.0. The molecule has 0 spiro atoms. The molecule has 0 fully saturated rings. The lowest BCUT2D eigenvalue weighted by molar-refractivity contribution is 0.309. The van der Waals surface area contributed by atoms with E-state index < -0.39 is 15.2 Å². The predicted octanol–water partition coefficient (Wildman–Crippen LogP) is 12.6. The van der Waals surface area contributed by atoms with Crippen molar-refractivity contribution in [1.29, 1.82) is 0 Å². The zero-order valence-corrected chi connectivity index (χ0v) is 35.2. The molecule has 0 radical (unpaired) electrons. The maximum absolute atomic E-state index is 5.85. The van der Waals surface area contributed by atoms with Crippen molar-refractivity contribution in [2.45, 2.75) is 34.9 Å². The van der Waals surface area contributed by atoms with Gasteiger partial charge in [0.25, 0.3) is 0 Å². The number of hydrogen-bond donors (Lipinski definition) is 0. The maximum Gasteiger partial charge on any atom is 0.250 e. The first-order chi connectivity index (χ1) is 23.7. The molecule has 0 unspecified atom stereocenters. The topological polar surface area (TPSA) is 95.8 Å². The van der Waals surface area contributed by atoms with Gasteiger partial charge in [-0.1, -0.05) is 189 Å². The van der Waals surface area contributed by atoms with E-state index in [1.807, 2.05) is 48.5 Å². The fourth-order valence-corrected chi connectivity index (χ4v) is 4.60. The van der Waals surface area contributed by atoms with Crippen molar-refractivity contribution in [3.8, 4) is 11.5 Å². The highest BCUT2D eigenvalue weighted by atomic mass is 35.6. The van der Waals surface area contributed by atoms with Crippen LogP contribution in [0.25, 0.3) is 24.3 Å². The molecule has 2 aromatic heterocycles. The highest BCUT2D eigenvalue weighted by Crippen LogP contribution is 2.41. The van der Waals surface area contributed by atoms with Gasteiger partial charge in [0.2, 0.25) is 15.2 Å². The molecule has 0 atom stereocenters. The van der Waals surface area contributed by atoms with Crippen LogP contribution in [0.1, 0.15) is 65.8 Å². The molecule has 0 aliphatic rings. The number of para-hydroxylation sites is 1. The van der Waals surface area contributed by atoms with Crippen molar-refractivity contribution in [1.82, 2.24) is 29.9 Å². The number of alkyl halides is 12. The van der Waals surface area contributed by atoms with Crippen molar-refractivity contribution < 1.29 is 9.47 Å². The molecule has 274 valence electrons. The fourth-order valence-electron chi connectivity index (χ4n) is 3.59. The molecule has 4 aromatic rings. The Hall–Kier alpha value is -0.980. The molecule has 20 heteroatoms. The van der Waals surface area contributed by atoms with Gasteiger partial charge in [0.05, 0.1) is 13.7 Å². The Bertz CT molecular complexity index is 1740. The number of rotatable bonds is 9. The Morgan fingerprint density at radius 3 is 1.39 bits per heavy atom. The van der Waals surface area contributed by atoms with E-state index in [0.29, 0.717) is 12.4 Å². The third kappa shape index (κ3) is 15.0.